The molecule has 41 heavy (non-hydrogen) atoms. The first-order valence-electron chi connectivity index (χ1n) is 13.9. The van der Waals surface area contributed by atoms with Crippen molar-refractivity contribution in [1.82, 2.24) is 9.47 Å². The van der Waals surface area contributed by atoms with Crippen molar-refractivity contribution in [2.75, 3.05) is 13.7 Å². The van der Waals surface area contributed by atoms with Crippen molar-refractivity contribution in [2.45, 2.75) is 46.1 Å². The van der Waals surface area contributed by atoms with E-state index < -0.39 is 11.2 Å². The highest BCUT2D eigenvalue weighted by molar-refractivity contribution is 6.22. The van der Waals surface area contributed by atoms with Crippen LogP contribution in [0.3, 0.4) is 0 Å². The fourth-order valence-corrected chi connectivity index (χ4v) is 4.83. The molecular weight excluding hydrogens is 519 g/mol. The zero-order valence-corrected chi connectivity index (χ0v) is 23.8. The molecule has 0 saturated heterocycles. The van der Waals surface area contributed by atoms with Gasteiger partial charge >= 0.3 is 0 Å². The second kappa shape index (κ2) is 13.2. The number of halogens is 1. The second-order valence-electron chi connectivity index (χ2n) is 9.84. The van der Waals surface area contributed by atoms with E-state index in [4.69, 9.17) is 4.74 Å². The molecule has 0 fully saturated rings. The van der Waals surface area contributed by atoms with Gasteiger partial charge < -0.3 is 9.30 Å². The Labute approximate surface area is 239 Å². The molecule has 212 valence electrons. The molecule has 0 unspecified atom stereocenters. The SMILES string of the molecule is C=Cc1ccc(F)c2c(=O)c(-c3ccc(OC)cc3)cn(CCCN3C(=O)C4=C(C=CCC=C4)C3=O)c12.CCCC. The number of ether oxygens (including phenoxy) is 1. The van der Waals surface area contributed by atoms with Gasteiger partial charge in [0.2, 0.25) is 0 Å². The van der Waals surface area contributed by atoms with Crippen molar-refractivity contribution < 1.29 is 18.7 Å². The van der Waals surface area contributed by atoms with E-state index in [1.54, 1.807) is 66.4 Å². The topological polar surface area (TPSA) is 68.6 Å². The second-order valence-corrected chi connectivity index (χ2v) is 9.84. The maximum Gasteiger partial charge on any atom is 0.261 e. The van der Waals surface area contributed by atoms with Crippen LogP contribution < -0.4 is 10.2 Å². The summed E-state index contributed by atoms with van der Waals surface area (Å²) in [5.74, 6) is -0.610. The average molecular weight is 555 g/mol. The van der Waals surface area contributed by atoms with Crippen LogP contribution in [0.25, 0.3) is 28.1 Å². The minimum Gasteiger partial charge on any atom is -0.497 e. The molecule has 1 aromatic heterocycles. The number of hydrogen-bond acceptors (Lipinski definition) is 4. The van der Waals surface area contributed by atoms with Gasteiger partial charge in [0.05, 0.1) is 29.2 Å². The molecule has 2 aliphatic rings. The van der Waals surface area contributed by atoms with E-state index in [9.17, 15) is 14.4 Å². The number of carbonyl (C=O) groups excluding carboxylic acids is 2. The molecule has 0 N–H and O–H groups in total. The Balaban J connectivity index is 0.000000909. The number of allylic oxidation sites excluding steroid dienone is 2. The Kier molecular flexibility index (Phi) is 9.50. The van der Waals surface area contributed by atoms with Crippen LogP contribution in [-0.4, -0.2) is 34.9 Å². The zero-order valence-electron chi connectivity index (χ0n) is 23.8. The molecule has 7 heteroatoms. The predicted octanol–water partition coefficient (Wildman–Crippen LogP) is 6.84. The number of rotatable bonds is 8. The van der Waals surface area contributed by atoms with Crippen LogP contribution in [0.15, 0.2) is 89.4 Å². The zero-order chi connectivity index (χ0) is 29.5. The number of pyridine rings is 1. The fraction of sp³-hybridized carbons (Fsp3) is 0.265. The summed E-state index contributed by atoms with van der Waals surface area (Å²) in [5.41, 5.74) is 2.40. The van der Waals surface area contributed by atoms with Crippen molar-refractivity contribution in [3.8, 4) is 16.9 Å². The quantitative estimate of drug-likeness (QED) is 0.286. The maximum atomic E-state index is 15.0. The van der Waals surface area contributed by atoms with E-state index in [2.05, 4.69) is 20.4 Å². The smallest absolute Gasteiger partial charge is 0.261 e. The minimum atomic E-state index is -0.619. The van der Waals surface area contributed by atoms with Gasteiger partial charge in [-0.25, -0.2) is 4.39 Å². The lowest BCUT2D eigenvalue weighted by atomic mass is 10.0. The van der Waals surface area contributed by atoms with Crippen LogP contribution in [0.2, 0.25) is 0 Å². The number of imide groups is 1. The van der Waals surface area contributed by atoms with Gasteiger partial charge in [-0.1, -0.05) is 75.8 Å². The number of methoxy groups -OCH3 is 1. The molecule has 5 rings (SSSR count). The molecule has 1 aliphatic heterocycles. The van der Waals surface area contributed by atoms with Gasteiger partial charge in [0.25, 0.3) is 11.8 Å². The Hall–Kier alpha value is -4.52. The number of carbonyl (C=O) groups is 2. The van der Waals surface area contributed by atoms with Gasteiger partial charge in [-0.05, 0) is 48.2 Å². The first kappa shape index (κ1) is 29.5. The van der Waals surface area contributed by atoms with Crippen molar-refractivity contribution in [3.05, 3.63) is 106 Å². The van der Waals surface area contributed by atoms with E-state index in [1.807, 2.05) is 12.2 Å². The average Bonchev–Trinajstić information content (AvgIpc) is 3.14. The van der Waals surface area contributed by atoms with Crippen LogP contribution in [0.1, 0.15) is 45.1 Å². The van der Waals surface area contributed by atoms with E-state index in [0.29, 0.717) is 58.5 Å². The van der Waals surface area contributed by atoms with Crippen LogP contribution >= 0.6 is 0 Å². The van der Waals surface area contributed by atoms with Gasteiger partial charge in [0.15, 0.2) is 5.43 Å². The summed E-state index contributed by atoms with van der Waals surface area (Å²) in [6.45, 7) is 8.72. The Bertz CT molecular complexity index is 1590. The summed E-state index contributed by atoms with van der Waals surface area (Å²) in [6.07, 6.45) is 14.1. The lowest BCUT2D eigenvalue weighted by Crippen LogP contribution is -2.33. The summed E-state index contributed by atoms with van der Waals surface area (Å²) >= 11 is 0. The summed E-state index contributed by atoms with van der Waals surface area (Å²) < 4.78 is 22.1. The fourth-order valence-electron chi connectivity index (χ4n) is 4.83. The predicted molar refractivity (Wildman–Crippen MR) is 162 cm³/mol. The number of nitrogens with zero attached hydrogens (tertiary/aromatic N) is 2. The largest absolute Gasteiger partial charge is 0.497 e. The van der Waals surface area contributed by atoms with E-state index in [0.717, 1.165) is 0 Å². The third kappa shape index (κ3) is 5.99. The number of fused-ring (bicyclic) bond motifs is 1. The van der Waals surface area contributed by atoms with E-state index >= 15 is 4.39 Å². The molecule has 2 heterocycles. The van der Waals surface area contributed by atoms with E-state index in [-0.39, 0.29) is 23.7 Å². The maximum absolute atomic E-state index is 15.0. The van der Waals surface area contributed by atoms with Crippen molar-refractivity contribution in [3.63, 3.8) is 0 Å². The van der Waals surface area contributed by atoms with Crippen LogP contribution in [0.4, 0.5) is 4.39 Å². The lowest BCUT2D eigenvalue weighted by Gasteiger charge is -2.19. The van der Waals surface area contributed by atoms with Gasteiger partial charge in [-0.15, -0.1) is 0 Å². The number of aryl methyl sites for hydroxylation is 1. The van der Waals surface area contributed by atoms with Gasteiger partial charge in [-0.2, -0.15) is 0 Å². The normalized spacial score (nSPS) is 14.2. The van der Waals surface area contributed by atoms with Crippen molar-refractivity contribution >= 4 is 28.8 Å². The Morgan fingerprint density at radius 2 is 1.56 bits per heavy atom. The highest BCUT2D eigenvalue weighted by Crippen LogP contribution is 2.28. The number of unbranched alkanes of at least 4 members (excludes halogenated alkanes) is 1. The molecule has 0 saturated carbocycles. The molecule has 2 aromatic carbocycles. The molecule has 3 aromatic rings. The number of benzene rings is 2. The molecule has 6 nitrogen and oxygen atoms in total. The number of aromatic nitrogens is 1. The first-order valence-corrected chi connectivity index (χ1v) is 13.9. The first-order chi connectivity index (χ1) is 19.9. The lowest BCUT2D eigenvalue weighted by molar-refractivity contribution is -0.137. The van der Waals surface area contributed by atoms with Gasteiger partial charge in [0.1, 0.15) is 11.6 Å². The molecular formula is C34H35FN2O4. The van der Waals surface area contributed by atoms with Gasteiger partial charge in [0, 0.05) is 24.8 Å². The summed E-state index contributed by atoms with van der Waals surface area (Å²) in [7, 11) is 1.56. The van der Waals surface area contributed by atoms with Crippen LogP contribution in [-0.2, 0) is 16.1 Å². The molecule has 0 spiro atoms. The van der Waals surface area contributed by atoms with Crippen molar-refractivity contribution in [2.24, 2.45) is 0 Å². The third-order valence-corrected chi connectivity index (χ3v) is 7.19. The van der Waals surface area contributed by atoms with Gasteiger partial charge in [-0.3, -0.25) is 19.3 Å². The molecule has 2 amide bonds. The highest BCUT2D eigenvalue weighted by Gasteiger charge is 2.35. The number of hydrogen-bond donors (Lipinski definition) is 0. The molecule has 1 aliphatic carbocycles. The summed E-state index contributed by atoms with van der Waals surface area (Å²) in [5, 5.41) is -0.0253. The van der Waals surface area contributed by atoms with Crippen LogP contribution in [0.5, 0.6) is 5.75 Å². The molecule has 0 bridgehead atoms. The highest BCUT2D eigenvalue weighted by atomic mass is 19.1. The molecule has 0 atom stereocenters. The third-order valence-electron chi connectivity index (χ3n) is 7.19. The van der Waals surface area contributed by atoms with E-state index in [1.165, 1.54) is 23.8 Å². The van der Waals surface area contributed by atoms with Crippen LogP contribution in [0, 0.1) is 5.82 Å². The molecule has 0 radical (unpaired) electrons. The minimum absolute atomic E-state index is 0.0253. The summed E-state index contributed by atoms with van der Waals surface area (Å²) in [6, 6.07) is 9.84. The Morgan fingerprint density at radius 1 is 0.927 bits per heavy atom. The Morgan fingerprint density at radius 3 is 2.12 bits per heavy atom. The standard InChI is InChI=1S/C30H25FN2O4.C4H10/c1-3-19-12-15-25(31)26-27(19)32(18-24(28(26)34)20-10-13-21(37-2)14-11-20)16-7-17-33-29(35)22-8-5-4-6-9-23(22)30(33)36;1-3-4-2/h3,5-6,8-15,18H,1,4,7,16-17H2,2H3;3-4H2,1-2H3. The monoisotopic (exact) mass is 554 g/mol. The summed E-state index contributed by atoms with van der Waals surface area (Å²) in [4.78, 5) is 40.4. The number of amides is 2. The van der Waals surface area contributed by atoms with Crippen molar-refractivity contribution in [1.29, 1.82) is 0 Å².